The molecule has 0 aliphatic rings. The maximum atomic E-state index is 10.8. The first kappa shape index (κ1) is 10.6. The van der Waals surface area contributed by atoms with Crippen LogP contribution in [0.2, 0.25) is 0 Å². The summed E-state index contributed by atoms with van der Waals surface area (Å²) >= 11 is 0. The van der Waals surface area contributed by atoms with Crippen LogP contribution in [0.3, 0.4) is 0 Å². The lowest BCUT2D eigenvalue weighted by atomic mass is 10.0. The standard InChI is InChI=1S/C12H14O2/c1-10(14)9-12-6-4-11(5-7-12)3-2-8-13/h4-8H,2-3,9H2,1H3. The minimum Gasteiger partial charge on any atom is -0.303 e. The van der Waals surface area contributed by atoms with Gasteiger partial charge in [0, 0.05) is 12.8 Å². The molecule has 1 rings (SSSR count). The Hall–Kier alpha value is -1.44. The molecule has 14 heavy (non-hydrogen) atoms. The van der Waals surface area contributed by atoms with Gasteiger partial charge in [-0.1, -0.05) is 24.3 Å². The Morgan fingerprint density at radius 2 is 1.79 bits per heavy atom. The lowest BCUT2D eigenvalue weighted by Crippen LogP contribution is -1.96. The Morgan fingerprint density at radius 1 is 1.21 bits per heavy atom. The summed E-state index contributed by atoms with van der Waals surface area (Å²) < 4.78 is 0. The summed E-state index contributed by atoms with van der Waals surface area (Å²) in [5, 5.41) is 0. The van der Waals surface area contributed by atoms with Crippen LogP contribution in [0.15, 0.2) is 24.3 Å². The number of ketones is 1. The van der Waals surface area contributed by atoms with E-state index in [1.165, 1.54) is 0 Å². The minimum absolute atomic E-state index is 0.172. The van der Waals surface area contributed by atoms with Crippen LogP contribution in [0, 0.1) is 0 Å². The van der Waals surface area contributed by atoms with Crippen molar-refractivity contribution < 1.29 is 9.59 Å². The Kier molecular flexibility index (Phi) is 4.05. The number of hydrogen-bond donors (Lipinski definition) is 0. The molecule has 0 N–H and O–H groups in total. The van der Waals surface area contributed by atoms with Crippen molar-refractivity contribution >= 4 is 12.1 Å². The SMILES string of the molecule is CC(=O)Cc1ccc(CCC=O)cc1. The van der Waals surface area contributed by atoms with Crippen LogP contribution in [0.4, 0.5) is 0 Å². The van der Waals surface area contributed by atoms with E-state index >= 15 is 0 Å². The summed E-state index contributed by atoms with van der Waals surface area (Å²) in [6.07, 6.45) is 2.76. The number of Topliss-reactive ketones (excluding diaryl/α,β-unsaturated/α-hetero) is 1. The van der Waals surface area contributed by atoms with Crippen molar-refractivity contribution in [1.29, 1.82) is 0 Å². The molecule has 2 nitrogen and oxygen atoms in total. The average molecular weight is 190 g/mol. The van der Waals surface area contributed by atoms with E-state index in [0.717, 1.165) is 23.8 Å². The number of hydrogen-bond acceptors (Lipinski definition) is 2. The predicted molar refractivity (Wildman–Crippen MR) is 55.2 cm³/mol. The molecule has 1 aromatic rings. The van der Waals surface area contributed by atoms with E-state index in [2.05, 4.69) is 0 Å². The third kappa shape index (κ3) is 3.52. The lowest BCUT2D eigenvalue weighted by molar-refractivity contribution is -0.116. The van der Waals surface area contributed by atoms with Crippen LogP contribution in [0.25, 0.3) is 0 Å². The van der Waals surface area contributed by atoms with E-state index in [1.54, 1.807) is 6.92 Å². The van der Waals surface area contributed by atoms with Crippen molar-refractivity contribution in [3.63, 3.8) is 0 Å². The van der Waals surface area contributed by atoms with Crippen molar-refractivity contribution in [3.05, 3.63) is 35.4 Å². The van der Waals surface area contributed by atoms with Crippen molar-refractivity contribution in [3.8, 4) is 0 Å². The van der Waals surface area contributed by atoms with Crippen molar-refractivity contribution in [2.45, 2.75) is 26.2 Å². The van der Waals surface area contributed by atoms with Gasteiger partial charge in [0.05, 0.1) is 0 Å². The highest BCUT2D eigenvalue weighted by molar-refractivity contribution is 5.78. The smallest absolute Gasteiger partial charge is 0.134 e. The van der Waals surface area contributed by atoms with Gasteiger partial charge >= 0.3 is 0 Å². The Bertz CT molecular complexity index is 312. The van der Waals surface area contributed by atoms with Crippen LogP contribution in [-0.4, -0.2) is 12.1 Å². The fourth-order valence-electron chi connectivity index (χ4n) is 1.34. The molecule has 0 saturated heterocycles. The second kappa shape index (κ2) is 5.32. The topological polar surface area (TPSA) is 34.1 Å². The molecular formula is C12H14O2. The molecule has 0 aliphatic carbocycles. The number of carbonyl (C=O) groups excluding carboxylic acids is 2. The number of aldehydes is 1. The maximum absolute atomic E-state index is 10.8. The molecule has 0 amide bonds. The van der Waals surface area contributed by atoms with Gasteiger partial charge in [0.1, 0.15) is 12.1 Å². The first-order valence-corrected chi connectivity index (χ1v) is 4.73. The summed E-state index contributed by atoms with van der Waals surface area (Å²) in [5.74, 6) is 0.172. The summed E-state index contributed by atoms with van der Waals surface area (Å²) in [7, 11) is 0. The predicted octanol–water partition coefficient (Wildman–Crippen LogP) is 1.95. The van der Waals surface area contributed by atoms with Crippen molar-refractivity contribution in [1.82, 2.24) is 0 Å². The molecule has 1 aromatic carbocycles. The summed E-state index contributed by atoms with van der Waals surface area (Å²) in [4.78, 5) is 21.0. The highest BCUT2D eigenvalue weighted by atomic mass is 16.1. The fraction of sp³-hybridized carbons (Fsp3) is 0.333. The summed E-state index contributed by atoms with van der Waals surface area (Å²) in [6.45, 7) is 1.58. The molecular weight excluding hydrogens is 176 g/mol. The molecule has 0 radical (unpaired) electrons. The van der Waals surface area contributed by atoms with Gasteiger partial charge in [0.2, 0.25) is 0 Å². The quantitative estimate of drug-likeness (QED) is 0.665. The largest absolute Gasteiger partial charge is 0.303 e. The van der Waals surface area contributed by atoms with Gasteiger partial charge < -0.3 is 4.79 Å². The van der Waals surface area contributed by atoms with E-state index in [4.69, 9.17) is 0 Å². The molecule has 0 aromatic heterocycles. The van der Waals surface area contributed by atoms with Gasteiger partial charge in [-0.3, -0.25) is 4.79 Å². The zero-order valence-corrected chi connectivity index (χ0v) is 8.32. The Labute approximate surface area is 83.9 Å². The molecule has 0 saturated carbocycles. The zero-order valence-electron chi connectivity index (χ0n) is 8.32. The Morgan fingerprint density at radius 3 is 2.29 bits per heavy atom. The molecule has 74 valence electrons. The average Bonchev–Trinajstić information content (AvgIpc) is 2.16. The maximum Gasteiger partial charge on any atom is 0.134 e. The molecule has 0 spiro atoms. The van der Waals surface area contributed by atoms with Gasteiger partial charge in [-0.05, 0) is 24.5 Å². The van der Waals surface area contributed by atoms with Gasteiger partial charge in [-0.15, -0.1) is 0 Å². The second-order valence-corrected chi connectivity index (χ2v) is 3.40. The van der Waals surface area contributed by atoms with Gasteiger partial charge in [-0.25, -0.2) is 0 Å². The second-order valence-electron chi connectivity index (χ2n) is 3.40. The van der Waals surface area contributed by atoms with E-state index in [0.29, 0.717) is 12.8 Å². The van der Waals surface area contributed by atoms with Crippen molar-refractivity contribution in [2.75, 3.05) is 0 Å². The molecule has 0 unspecified atom stereocenters. The third-order valence-electron chi connectivity index (χ3n) is 2.03. The van der Waals surface area contributed by atoms with Crippen LogP contribution >= 0.6 is 0 Å². The first-order chi connectivity index (χ1) is 6.72. The summed E-state index contributed by atoms with van der Waals surface area (Å²) in [6, 6.07) is 7.84. The number of rotatable bonds is 5. The number of aryl methyl sites for hydroxylation is 1. The van der Waals surface area contributed by atoms with E-state index < -0.39 is 0 Å². The summed E-state index contributed by atoms with van der Waals surface area (Å²) in [5.41, 5.74) is 2.18. The van der Waals surface area contributed by atoms with E-state index in [1.807, 2.05) is 24.3 Å². The highest BCUT2D eigenvalue weighted by Crippen LogP contribution is 2.07. The number of benzene rings is 1. The first-order valence-electron chi connectivity index (χ1n) is 4.73. The van der Waals surface area contributed by atoms with Crippen molar-refractivity contribution in [2.24, 2.45) is 0 Å². The fourth-order valence-corrected chi connectivity index (χ4v) is 1.34. The van der Waals surface area contributed by atoms with Crippen LogP contribution in [-0.2, 0) is 22.4 Å². The van der Waals surface area contributed by atoms with E-state index in [-0.39, 0.29) is 5.78 Å². The van der Waals surface area contributed by atoms with Crippen LogP contribution in [0.5, 0.6) is 0 Å². The minimum atomic E-state index is 0.172. The van der Waals surface area contributed by atoms with E-state index in [9.17, 15) is 9.59 Å². The third-order valence-corrected chi connectivity index (χ3v) is 2.03. The molecule has 0 atom stereocenters. The normalized spacial score (nSPS) is 9.79. The zero-order chi connectivity index (χ0) is 10.4. The molecule has 0 aliphatic heterocycles. The van der Waals surface area contributed by atoms with Gasteiger partial charge in [-0.2, -0.15) is 0 Å². The molecule has 0 fully saturated rings. The van der Waals surface area contributed by atoms with Gasteiger partial charge in [0.15, 0.2) is 0 Å². The molecule has 0 heterocycles. The van der Waals surface area contributed by atoms with Crippen LogP contribution in [0.1, 0.15) is 24.5 Å². The Balaban J connectivity index is 2.58. The monoisotopic (exact) mass is 190 g/mol. The van der Waals surface area contributed by atoms with Crippen LogP contribution < -0.4 is 0 Å². The molecule has 0 bridgehead atoms. The van der Waals surface area contributed by atoms with Gasteiger partial charge in [0.25, 0.3) is 0 Å². The molecule has 2 heteroatoms. The number of carbonyl (C=O) groups is 2. The highest BCUT2D eigenvalue weighted by Gasteiger charge is 1.97. The lowest BCUT2D eigenvalue weighted by Gasteiger charge is -2.00.